The lowest BCUT2D eigenvalue weighted by Gasteiger charge is -1.71. The first-order chi connectivity index (χ1) is 2.81. The van der Waals surface area contributed by atoms with Crippen LogP contribution in [-0.4, -0.2) is 17.9 Å². The average Bonchev–Trinajstić information content (AvgIpc) is 1.65. The molecule has 6 heavy (non-hydrogen) atoms. The van der Waals surface area contributed by atoms with Crippen LogP contribution in [0.15, 0.2) is 0 Å². The summed E-state index contributed by atoms with van der Waals surface area (Å²) in [7, 11) is 0. The molecule has 2 radical (unpaired) electrons. The number of alkyl halides is 1. The van der Waals surface area contributed by atoms with Crippen molar-refractivity contribution in [2.45, 2.75) is 5.38 Å². The van der Waals surface area contributed by atoms with Crippen LogP contribution in [0, 0.1) is 0 Å². The van der Waals surface area contributed by atoms with Crippen LogP contribution in [0.1, 0.15) is 0 Å². The first kappa shape index (κ1) is 5.63. The van der Waals surface area contributed by atoms with Gasteiger partial charge in [0.25, 0.3) is 0 Å². The highest BCUT2D eigenvalue weighted by atomic mass is 35.5. The SMILES string of the molecule is O=[C]C(Cl)[C]=O. The molecule has 3 heteroatoms. The molecule has 0 N–H and O–H groups in total. The zero-order valence-electron chi connectivity index (χ0n) is 2.77. The van der Waals surface area contributed by atoms with Crippen LogP contribution >= 0.6 is 11.6 Å². The minimum atomic E-state index is -1.20. The lowest BCUT2D eigenvalue weighted by molar-refractivity contribution is 0.543. The van der Waals surface area contributed by atoms with Gasteiger partial charge in [-0.3, -0.25) is 9.59 Å². The molecule has 0 saturated carbocycles. The fourth-order valence-corrected chi connectivity index (χ4v) is 0.0241. The second-order valence-corrected chi connectivity index (χ2v) is 1.03. The topological polar surface area (TPSA) is 34.1 Å². The zero-order valence-corrected chi connectivity index (χ0v) is 3.53. The van der Waals surface area contributed by atoms with Gasteiger partial charge in [0.1, 0.15) is 0 Å². The van der Waals surface area contributed by atoms with Crippen molar-refractivity contribution in [1.82, 2.24) is 0 Å². The van der Waals surface area contributed by atoms with Crippen molar-refractivity contribution in [3.63, 3.8) is 0 Å². The van der Waals surface area contributed by atoms with Crippen molar-refractivity contribution >= 4 is 24.2 Å². The Bertz CT molecular complexity index is 53.8. The van der Waals surface area contributed by atoms with Gasteiger partial charge in [-0.15, -0.1) is 11.6 Å². The molecule has 0 bridgehead atoms. The molecule has 2 nitrogen and oxygen atoms in total. The van der Waals surface area contributed by atoms with E-state index in [-0.39, 0.29) is 0 Å². The Morgan fingerprint density at radius 3 is 1.67 bits per heavy atom. The second-order valence-electron chi connectivity index (χ2n) is 0.598. The average molecular weight is 104 g/mol. The van der Waals surface area contributed by atoms with E-state index in [1.54, 1.807) is 0 Å². The minimum absolute atomic E-state index is 1.20. The normalized spacial score (nSPS) is 8.33. The molecule has 0 aromatic carbocycles. The maximum absolute atomic E-state index is 9.22. The molecule has 0 aliphatic heterocycles. The molecule has 0 saturated heterocycles. The van der Waals surface area contributed by atoms with E-state index in [1.807, 2.05) is 0 Å². The minimum Gasteiger partial charge on any atom is -0.289 e. The Hall–Kier alpha value is -0.370. The Morgan fingerprint density at radius 1 is 1.33 bits per heavy atom. The number of halogens is 1. The molecular formula is C3HClO2. The third kappa shape index (κ3) is 1.91. The number of rotatable bonds is 2. The van der Waals surface area contributed by atoms with Gasteiger partial charge in [0.15, 0.2) is 5.38 Å². The maximum Gasteiger partial charge on any atom is 0.226 e. The summed E-state index contributed by atoms with van der Waals surface area (Å²) in [5.74, 6) is 0. The second kappa shape index (κ2) is 2.85. The number of hydrogen-bond donors (Lipinski definition) is 0. The van der Waals surface area contributed by atoms with Crippen molar-refractivity contribution in [3.8, 4) is 0 Å². The summed E-state index contributed by atoms with van der Waals surface area (Å²) in [6, 6.07) is 0. The Balaban J connectivity index is 3.21. The molecule has 0 heterocycles. The summed E-state index contributed by atoms with van der Waals surface area (Å²) in [6.07, 6.45) is 2.41. The van der Waals surface area contributed by atoms with E-state index in [9.17, 15) is 9.59 Å². The van der Waals surface area contributed by atoms with Gasteiger partial charge in [0, 0.05) is 0 Å². The van der Waals surface area contributed by atoms with Gasteiger partial charge in [0.05, 0.1) is 0 Å². The highest BCUT2D eigenvalue weighted by Crippen LogP contribution is 1.80. The Labute approximate surface area is 40.1 Å². The van der Waals surface area contributed by atoms with Crippen molar-refractivity contribution < 1.29 is 9.59 Å². The molecule has 0 atom stereocenters. The molecule has 0 rings (SSSR count). The molecule has 0 unspecified atom stereocenters. The predicted octanol–water partition coefficient (Wildman–Crippen LogP) is -0.187. The van der Waals surface area contributed by atoms with Gasteiger partial charge >= 0.3 is 0 Å². The van der Waals surface area contributed by atoms with Crippen molar-refractivity contribution in [3.05, 3.63) is 0 Å². The highest BCUT2D eigenvalue weighted by molar-refractivity contribution is 6.35. The molecule has 0 aromatic rings. The fourth-order valence-electron chi connectivity index (χ4n) is 0.0241. The van der Waals surface area contributed by atoms with E-state index in [1.165, 1.54) is 12.6 Å². The van der Waals surface area contributed by atoms with Crippen molar-refractivity contribution in [1.29, 1.82) is 0 Å². The van der Waals surface area contributed by atoms with Gasteiger partial charge in [-0.1, -0.05) is 0 Å². The molecule has 0 amide bonds. The first-order valence-electron chi connectivity index (χ1n) is 1.20. The quantitative estimate of drug-likeness (QED) is 0.360. The Morgan fingerprint density at radius 2 is 1.67 bits per heavy atom. The third-order valence-corrected chi connectivity index (χ3v) is 0.385. The predicted molar refractivity (Wildman–Crippen MR) is 21.0 cm³/mol. The van der Waals surface area contributed by atoms with E-state index >= 15 is 0 Å². The van der Waals surface area contributed by atoms with E-state index in [0.717, 1.165) is 0 Å². The van der Waals surface area contributed by atoms with Gasteiger partial charge < -0.3 is 0 Å². The van der Waals surface area contributed by atoms with Gasteiger partial charge in [0.2, 0.25) is 12.6 Å². The molecule has 0 fully saturated rings. The summed E-state index contributed by atoms with van der Waals surface area (Å²) in [4.78, 5) is 18.4. The van der Waals surface area contributed by atoms with E-state index in [4.69, 9.17) is 11.6 Å². The smallest absolute Gasteiger partial charge is 0.226 e. The maximum atomic E-state index is 9.22. The van der Waals surface area contributed by atoms with Crippen LogP contribution in [0.5, 0.6) is 0 Å². The molecule has 0 spiro atoms. The number of hydrogen-bond acceptors (Lipinski definition) is 2. The van der Waals surface area contributed by atoms with Gasteiger partial charge in [-0.05, 0) is 0 Å². The van der Waals surface area contributed by atoms with Crippen LogP contribution in [0.4, 0.5) is 0 Å². The lowest BCUT2D eigenvalue weighted by atomic mass is 10.5. The first-order valence-corrected chi connectivity index (χ1v) is 1.64. The zero-order chi connectivity index (χ0) is 4.99. The largest absolute Gasteiger partial charge is 0.289 e. The monoisotopic (exact) mass is 104 g/mol. The van der Waals surface area contributed by atoms with Gasteiger partial charge in [-0.2, -0.15) is 0 Å². The van der Waals surface area contributed by atoms with Crippen LogP contribution < -0.4 is 0 Å². The summed E-state index contributed by atoms with van der Waals surface area (Å²) in [5, 5.41) is -1.20. The summed E-state index contributed by atoms with van der Waals surface area (Å²) < 4.78 is 0. The van der Waals surface area contributed by atoms with Gasteiger partial charge in [-0.25, -0.2) is 0 Å². The molecular weight excluding hydrogens is 103 g/mol. The van der Waals surface area contributed by atoms with Crippen LogP contribution in [0.3, 0.4) is 0 Å². The molecule has 0 aliphatic carbocycles. The van der Waals surface area contributed by atoms with E-state index < -0.39 is 5.38 Å². The Kier molecular flexibility index (Phi) is 2.67. The van der Waals surface area contributed by atoms with Crippen LogP contribution in [-0.2, 0) is 9.59 Å². The van der Waals surface area contributed by atoms with Crippen LogP contribution in [0.2, 0.25) is 0 Å². The molecule has 0 aliphatic rings. The summed E-state index contributed by atoms with van der Waals surface area (Å²) >= 11 is 4.80. The summed E-state index contributed by atoms with van der Waals surface area (Å²) in [6.45, 7) is 0. The number of carbonyl (C=O) groups excluding carboxylic acids is 2. The van der Waals surface area contributed by atoms with Crippen molar-refractivity contribution in [2.75, 3.05) is 0 Å². The summed E-state index contributed by atoms with van der Waals surface area (Å²) in [5.41, 5.74) is 0. The standard InChI is InChI=1S/C3HClO2/c4-3(1-5)2-6/h3H. The highest BCUT2D eigenvalue weighted by Gasteiger charge is 1.97. The van der Waals surface area contributed by atoms with E-state index in [0.29, 0.717) is 0 Å². The third-order valence-electron chi connectivity index (χ3n) is 0.207. The van der Waals surface area contributed by atoms with E-state index in [2.05, 4.69) is 0 Å². The van der Waals surface area contributed by atoms with Crippen LogP contribution in [0.25, 0.3) is 0 Å². The molecule has 0 aromatic heterocycles. The lowest BCUT2D eigenvalue weighted by Crippen LogP contribution is -1.98. The van der Waals surface area contributed by atoms with Crippen molar-refractivity contribution in [2.24, 2.45) is 0 Å². The fraction of sp³-hybridized carbons (Fsp3) is 0.333. The molecule has 32 valence electrons.